The molecule has 4 nitrogen and oxygen atoms in total. The fourth-order valence-electron chi connectivity index (χ4n) is 2.15. The lowest BCUT2D eigenvalue weighted by molar-refractivity contribution is 0.950. The highest BCUT2D eigenvalue weighted by Crippen LogP contribution is 2.31. The molecule has 0 radical (unpaired) electrons. The summed E-state index contributed by atoms with van der Waals surface area (Å²) in [5, 5.41) is 5.17. The molecule has 0 aliphatic rings. The Bertz CT molecular complexity index is 874. The summed E-state index contributed by atoms with van der Waals surface area (Å²) in [5.74, 6) is 0.882. The van der Waals surface area contributed by atoms with Crippen molar-refractivity contribution in [2.24, 2.45) is 7.05 Å². The lowest BCUT2D eigenvalue weighted by Gasteiger charge is -1.97. The Morgan fingerprint density at radius 1 is 1.15 bits per heavy atom. The van der Waals surface area contributed by atoms with Crippen molar-refractivity contribution in [1.29, 1.82) is 0 Å². The zero-order valence-corrected chi connectivity index (χ0v) is 12.3. The maximum Gasteiger partial charge on any atom is 0.160 e. The minimum atomic E-state index is 0.882. The molecule has 4 aromatic rings. The van der Waals surface area contributed by atoms with Crippen LogP contribution in [0.2, 0.25) is 0 Å². The zero-order chi connectivity index (χ0) is 13.5. The summed E-state index contributed by atoms with van der Waals surface area (Å²) in [6.45, 7) is 0. The molecule has 20 heavy (non-hydrogen) atoms. The van der Waals surface area contributed by atoms with E-state index in [1.54, 1.807) is 28.9 Å². The van der Waals surface area contributed by atoms with Crippen LogP contribution < -0.4 is 0 Å². The Balaban J connectivity index is 1.85. The molecular formula is C14H10N4S2. The first kappa shape index (κ1) is 11.7. The molecule has 0 unspecified atom stereocenters. The van der Waals surface area contributed by atoms with Gasteiger partial charge in [-0.1, -0.05) is 6.07 Å². The first-order valence-electron chi connectivity index (χ1n) is 6.09. The van der Waals surface area contributed by atoms with E-state index in [9.17, 15) is 0 Å². The molecule has 0 N–H and O–H groups in total. The molecule has 0 atom stereocenters. The predicted molar refractivity (Wildman–Crippen MR) is 82.9 cm³/mol. The van der Waals surface area contributed by atoms with Gasteiger partial charge in [-0.15, -0.1) is 22.7 Å². The van der Waals surface area contributed by atoms with E-state index in [1.165, 1.54) is 4.88 Å². The van der Waals surface area contributed by atoms with Crippen molar-refractivity contribution in [2.45, 2.75) is 0 Å². The van der Waals surface area contributed by atoms with Crippen molar-refractivity contribution in [3.8, 4) is 21.4 Å². The standard InChI is InChI=1S/C14H10N4S2/c1-18-11-7-15-5-4-9(11)16-13(18)10-8-20-14(17-10)12-3-2-6-19-12/h2-8H,1H3. The van der Waals surface area contributed by atoms with Crippen LogP contribution in [0.25, 0.3) is 32.4 Å². The molecule has 0 saturated carbocycles. The molecule has 4 aromatic heterocycles. The van der Waals surface area contributed by atoms with Crippen LogP contribution in [0.3, 0.4) is 0 Å². The molecular weight excluding hydrogens is 288 g/mol. The van der Waals surface area contributed by atoms with Crippen LogP contribution in [-0.2, 0) is 7.05 Å². The van der Waals surface area contributed by atoms with Crippen molar-refractivity contribution in [1.82, 2.24) is 19.5 Å². The molecule has 98 valence electrons. The van der Waals surface area contributed by atoms with Crippen LogP contribution in [0, 0.1) is 0 Å². The van der Waals surface area contributed by atoms with Crippen molar-refractivity contribution in [3.63, 3.8) is 0 Å². The van der Waals surface area contributed by atoms with Crippen molar-refractivity contribution >= 4 is 33.7 Å². The third-order valence-electron chi connectivity index (χ3n) is 3.15. The number of hydrogen-bond acceptors (Lipinski definition) is 5. The fraction of sp³-hybridized carbons (Fsp3) is 0.0714. The highest BCUT2D eigenvalue weighted by atomic mass is 32.1. The van der Waals surface area contributed by atoms with Gasteiger partial charge in [0.05, 0.1) is 22.1 Å². The van der Waals surface area contributed by atoms with Crippen molar-refractivity contribution in [3.05, 3.63) is 41.4 Å². The summed E-state index contributed by atoms with van der Waals surface area (Å²) in [6, 6.07) is 6.05. The van der Waals surface area contributed by atoms with Gasteiger partial charge in [0.1, 0.15) is 10.7 Å². The van der Waals surface area contributed by atoms with Crippen LogP contribution in [-0.4, -0.2) is 19.5 Å². The monoisotopic (exact) mass is 298 g/mol. The number of rotatable bonds is 2. The Morgan fingerprint density at radius 2 is 2.10 bits per heavy atom. The van der Waals surface area contributed by atoms with Crippen LogP contribution in [0.15, 0.2) is 41.4 Å². The van der Waals surface area contributed by atoms with Gasteiger partial charge in [-0.25, -0.2) is 9.97 Å². The number of aromatic nitrogens is 4. The molecule has 0 spiro atoms. The molecule has 4 heterocycles. The molecule has 0 bridgehead atoms. The number of thiophene rings is 1. The minimum absolute atomic E-state index is 0.882. The Morgan fingerprint density at radius 3 is 2.90 bits per heavy atom. The molecule has 4 rings (SSSR count). The van der Waals surface area contributed by atoms with E-state index in [-0.39, 0.29) is 0 Å². The molecule has 0 saturated heterocycles. The van der Waals surface area contributed by atoms with Gasteiger partial charge in [0.2, 0.25) is 0 Å². The summed E-state index contributed by atoms with van der Waals surface area (Å²) in [5.41, 5.74) is 2.88. The van der Waals surface area contributed by atoms with Gasteiger partial charge < -0.3 is 4.57 Å². The van der Waals surface area contributed by atoms with Crippen LogP contribution in [0.4, 0.5) is 0 Å². The third kappa shape index (κ3) is 1.76. The number of thiazole rings is 1. The predicted octanol–water partition coefficient (Wildman–Crippen LogP) is 3.82. The Kier molecular flexibility index (Phi) is 2.64. The van der Waals surface area contributed by atoms with E-state index in [2.05, 4.69) is 26.8 Å². The van der Waals surface area contributed by atoms with Gasteiger partial charge in [-0.2, -0.15) is 0 Å². The summed E-state index contributed by atoms with van der Waals surface area (Å²) < 4.78 is 2.04. The van der Waals surface area contributed by atoms with Gasteiger partial charge in [-0.3, -0.25) is 4.98 Å². The lowest BCUT2D eigenvalue weighted by atomic mass is 10.4. The molecule has 6 heteroatoms. The molecule has 0 amide bonds. The highest BCUT2D eigenvalue weighted by molar-refractivity contribution is 7.20. The topological polar surface area (TPSA) is 43.6 Å². The second-order valence-electron chi connectivity index (χ2n) is 4.37. The van der Waals surface area contributed by atoms with Gasteiger partial charge in [0.15, 0.2) is 5.82 Å². The molecule has 0 aliphatic heterocycles. The van der Waals surface area contributed by atoms with Crippen LogP contribution >= 0.6 is 22.7 Å². The molecule has 0 aliphatic carbocycles. The van der Waals surface area contributed by atoms with Crippen molar-refractivity contribution < 1.29 is 0 Å². The highest BCUT2D eigenvalue weighted by Gasteiger charge is 2.14. The normalized spacial score (nSPS) is 11.2. The fourth-order valence-corrected chi connectivity index (χ4v) is 3.77. The van der Waals surface area contributed by atoms with E-state index < -0.39 is 0 Å². The molecule has 0 fully saturated rings. The number of hydrogen-bond donors (Lipinski definition) is 0. The molecule has 0 aromatic carbocycles. The maximum absolute atomic E-state index is 4.70. The summed E-state index contributed by atoms with van der Waals surface area (Å²) in [4.78, 5) is 14.7. The smallest absolute Gasteiger partial charge is 0.160 e. The first-order chi connectivity index (χ1) is 9.83. The van der Waals surface area contributed by atoms with E-state index in [0.29, 0.717) is 0 Å². The van der Waals surface area contributed by atoms with Crippen molar-refractivity contribution in [2.75, 3.05) is 0 Å². The summed E-state index contributed by atoms with van der Waals surface area (Å²) >= 11 is 3.36. The first-order valence-corrected chi connectivity index (χ1v) is 7.85. The summed E-state index contributed by atoms with van der Waals surface area (Å²) in [6.07, 6.45) is 3.59. The van der Waals surface area contributed by atoms with Gasteiger partial charge in [0, 0.05) is 18.6 Å². The Labute approximate surface area is 123 Å². The average molecular weight is 298 g/mol. The number of imidazole rings is 1. The SMILES string of the molecule is Cn1c(-c2csc(-c3cccs3)n2)nc2ccncc21. The van der Waals surface area contributed by atoms with E-state index in [0.717, 1.165) is 27.6 Å². The maximum atomic E-state index is 4.70. The van der Waals surface area contributed by atoms with Gasteiger partial charge >= 0.3 is 0 Å². The van der Waals surface area contributed by atoms with E-state index in [4.69, 9.17) is 4.98 Å². The van der Waals surface area contributed by atoms with E-state index >= 15 is 0 Å². The third-order valence-corrected chi connectivity index (χ3v) is 5.03. The number of fused-ring (bicyclic) bond motifs is 1. The Hall–Kier alpha value is -2.05. The minimum Gasteiger partial charge on any atom is -0.325 e. The second-order valence-corrected chi connectivity index (χ2v) is 6.18. The van der Waals surface area contributed by atoms with E-state index in [1.807, 2.05) is 29.9 Å². The number of aryl methyl sites for hydroxylation is 1. The zero-order valence-electron chi connectivity index (χ0n) is 10.6. The number of pyridine rings is 1. The summed E-state index contributed by atoms with van der Waals surface area (Å²) in [7, 11) is 2.00. The second kappa shape index (κ2) is 4.50. The lowest BCUT2D eigenvalue weighted by Crippen LogP contribution is -1.92. The van der Waals surface area contributed by atoms with Gasteiger partial charge in [0.25, 0.3) is 0 Å². The van der Waals surface area contributed by atoms with Crippen LogP contribution in [0.1, 0.15) is 0 Å². The largest absolute Gasteiger partial charge is 0.325 e. The average Bonchev–Trinajstić information content (AvgIpc) is 3.17. The van der Waals surface area contributed by atoms with Crippen LogP contribution in [0.5, 0.6) is 0 Å². The quantitative estimate of drug-likeness (QED) is 0.565. The number of nitrogens with zero attached hydrogens (tertiary/aromatic N) is 4. The van der Waals surface area contributed by atoms with Gasteiger partial charge in [-0.05, 0) is 17.5 Å².